The smallest absolute Gasteiger partial charge is 0.244 e. The number of benzene rings is 1. The molecule has 0 radical (unpaired) electrons. The molecule has 0 aliphatic heterocycles. The molecular weight excluding hydrogens is 212 g/mol. The van der Waals surface area contributed by atoms with E-state index < -0.39 is 0 Å². The van der Waals surface area contributed by atoms with Crippen LogP contribution in [0.15, 0.2) is 24.3 Å². The number of amides is 1. The van der Waals surface area contributed by atoms with Gasteiger partial charge in [0.25, 0.3) is 0 Å². The van der Waals surface area contributed by atoms with Crippen LogP contribution in [-0.4, -0.2) is 5.91 Å². The van der Waals surface area contributed by atoms with Gasteiger partial charge in [-0.1, -0.05) is 44.0 Å². The number of hydrogen-bond donors (Lipinski definition) is 2. The Hall–Kier alpha value is -1.35. The van der Waals surface area contributed by atoms with Crippen molar-refractivity contribution < 1.29 is 4.79 Å². The Morgan fingerprint density at radius 1 is 1.35 bits per heavy atom. The van der Waals surface area contributed by atoms with Crippen molar-refractivity contribution in [2.24, 2.45) is 5.84 Å². The molecule has 3 nitrogen and oxygen atoms in total. The first-order valence-electron chi connectivity index (χ1n) is 6.33. The summed E-state index contributed by atoms with van der Waals surface area (Å²) in [7, 11) is 0. The summed E-state index contributed by atoms with van der Waals surface area (Å²) >= 11 is 0. The van der Waals surface area contributed by atoms with Gasteiger partial charge in [-0.25, -0.2) is 5.84 Å². The average Bonchev–Trinajstić information content (AvgIpc) is 2.30. The maximum absolute atomic E-state index is 11.9. The minimum Gasteiger partial charge on any atom is -0.293 e. The van der Waals surface area contributed by atoms with Crippen LogP contribution in [0.3, 0.4) is 0 Å². The molecule has 1 aliphatic rings. The third-order valence-corrected chi connectivity index (χ3v) is 3.82. The minimum atomic E-state index is -0.362. The van der Waals surface area contributed by atoms with E-state index in [1.807, 2.05) is 0 Å². The van der Waals surface area contributed by atoms with Crippen LogP contribution < -0.4 is 11.3 Å². The van der Waals surface area contributed by atoms with E-state index in [4.69, 9.17) is 5.84 Å². The van der Waals surface area contributed by atoms with Crippen LogP contribution >= 0.6 is 0 Å². The van der Waals surface area contributed by atoms with Crippen molar-refractivity contribution in [1.29, 1.82) is 0 Å². The Kier molecular flexibility index (Phi) is 3.48. The fourth-order valence-corrected chi connectivity index (χ4v) is 2.59. The lowest BCUT2D eigenvalue weighted by Gasteiger charge is -2.40. The monoisotopic (exact) mass is 232 g/mol. The van der Waals surface area contributed by atoms with Crippen molar-refractivity contribution in [3.05, 3.63) is 35.4 Å². The third-order valence-electron chi connectivity index (χ3n) is 3.82. The van der Waals surface area contributed by atoms with Crippen LogP contribution in [0.5, 0.6) is 0 Å². The average molecular weight is 232 g/mol. The predicted octanol–water partition coefficient (Wildman–Crippen LogP) is 2.05. The van der Waals surface area contributed by atoms with E-state index in [1.54, 1.807) is 0 Å². The maximum Gasteiger partial charge on any atom is 0.244 e. The molecule has 0 spiro atoms. The Morgan fingerprint density at radius 2 is 2.00 bits per heavy atom. The molecule has 2 rings (SSSR count). The van der Waals surface area contributed by atoms with Crippen molar-refractivity contribution in [2.45, 2.75) is 44.4 Å². The van der Waals surface area contributed by atoms with E-state index in [9.17, 15) is 4.79 Å². The summed E-state index contributed by atoms with van der Waals surface area (Å²) in [4.78, 5) is 11.9. The minimum absolute atomic E-state index is 0.0491. The van der Waals surface area contributed by atoms with Gasteiger partial charge in [-0.05, 0) is 30.4 Å². The van der Waals surface area contributed by atoms with Gasteiger partial charge in [0.15, 0.2) is 0 Å². The van der Waals surface area contributed by atoms with E-state index in [0.717, 1.165) is 37.7 Å². The van der Waals surface area contributed by atoms with E-state index in [-0.39, 0.29) is 11.3 Å². The van der Waals surface area contributed by atoms with Crippen molar-refractivity contribution in [2.75, 3.05) is 0 Å². The second kappa shape index (κ2) is 4.88. The number of hydrazine groups is 1. The molecule has 1 amide bonds. The SMILES string of the molecule is CCCc1ccc(C2(C(=O)NN)CCC2)cc1. The van der Waals surface area contributed by atoms with E-state index in [2.05, 4.69) is 36.6 Å². The molecule has 1 saturated carbocycles. The van der Waals surface area contributed by atoms with Gasteiger partial charge in [0, 0.05) is 0 Å². The Bertz CT molecular complexity index is 393. The van der Waals surface area contributed by atoms with Crippen LogP contribution in [0.25, 0.3) is 0 Å². The number of rotatable bonds is 4. The first kappa shape index (κ1) is 12.1. The largest absolute Gasteiger partial charge is 0.293 e. The van der Waals surface area contributed by atoms with Gasteiger partial charge in [0.2, 0.25) is 5.91 Å². The highest BCUT2D eigenvalue weighted by molar-refractivity contribution is 5.88. The maximum atomic E-state index is 11.9. The van der Waals surface area contributed by atoms with Gasteiger partial charge < -0.3 is 0 Å². The molecule has 17 heavy (non-hydrogen) atoms. The van der Waals surface area contributed by atoms with Crippen LogP contribution in [0, 0.1) is 0 Å². The molecule has 1 fully saturated rings. The summed E-state index contributed by atoms with van der Waals surface area (Å²) in [5.41, 5.74) is 4.38. The fourth-order valence-electron chi connectivity index (χ4n) is 2.59. The van der Waals surface area contributed by atoms with Gasteiger partial charge in [0.05, 0.1) is 5.41 Å². The van der Waals surface area contributed by atoms with Gasteiger partial charge in [0.1, 0.15) is 0 Å². The van der Waals surface area contributed by atoms with Crippen LogP contribution in [-0.2, 0) is 16.6 Å². The number of aryl methyl sites for hydroxylation is 1. The first-order valence-corrected chi connectivity index (χ1v) is 6.33. The molecule has 0 unspecified atom stereocenters. The molecule has 0 saturated heterocycles. The van der Waals surface area contributed by atoms with E-state index >= 15 is 0 Å². The molecule has 0 atom stereocenters. The van der Waals surface area contributed by atoms with Crippen LogP contribution in [0.1, 0.15) is 43.7 Å². The molecular formula is C14H20N2O. The summed E-state index contributed by atoms with van der Waals surface area (Å²) in [6, 6.07) is 8.42. The third kappa shape index (κ3) is 2.07. The number of carbonyl (C=O) groups excluding carboxylic acids is 1. The summed E-state index contributed by atoms with van der Waals surface area (Å²) in [6.07, 6.45) is 5.15. The van der Waals surface area contributed by atoms with Crippen molar-refractivity contribution in [1.82, 2.24) is 5.43 Å². The number of hydrogen-bond acceptors (Lipinski definition) is 2. The highest BCUT2D eigenvalue weighted by atomic mass is 16.2. The summed E-state index contributed by atoms with van der Waals surface area (Å²) in [5, 5.41) is 0. The highest BCUT2D eigenvalue weighted by Crippen LogP contribution is 2.43. The molecule has 3 N–H and O–H groups in total. The Labute approximate surface area is 102 Å². The van der Waals surface area contributed by atoms with Crippen LogP contribution in [0.4, 0.5) is 0 Å². The predicted molar refractivity (Wildman–Crippen MR) is 68.3 cm³/mol. The van der Waals surface area contributed by atoms with Crippen molar-refractivity contribution in [3.8, 4) is 0 Å². The van der Waals surface area contributed by atoms with Gasteiger partial charge in [-0.3, -0.25) is 10.2 Å². The van der Waals surface area contributed by atoms with Crippen LogP contribution in [0.2, 0.25) is 0 Å². The molecule has 1 aromatic rings. The highest BCUT2D eigenvalue weighted by Gasteiger charge is 2.45. The topological polar surface area (TPSA) is 55.1 Å². The van der Waals surface area contributed by atoms with Gasteiger partial charge in [-0.15, -0.1) is 0 Å². The molecule has 0 bridgehead atoms. The van der Waals surface area contributed by atoms with Crippen molar-refractivity contribution in [3.63, 3.8) is 0 Å². The van der Waals surface area contributed by atoms with Gasteiger partial charge >= 0.3 is 0 Å². The van der Waals surface area contributed by atoms with E-state index in [1.165, 1.54) is 5.56 Å². The normalized spacial score (nSPS) is 17.3. The zero-order valence-electron chi connectivity index (χ0n) is 10.3. The number of carbonyl (C=O) groups is 1. The Morgan fingerprint density at radius 3 is 2.41 bits per heavy atom. The fraction of sp³-hybridized carbons (Fsp3) is 0.500. The second-order valence-electron chi connectivity index (χ2n) is 4.86. The molecule has 1 aromatic carbocycles. The lowest BCUT2D eigenvalue weighted by atomic mass is 9.64. The first-order chi connectivity index (χ1) is 8.23. The molecule has 3 heteroatoms. The zero-order valence-corrected chi connectivity index (χ0v) is 10.3. The summed E-state index contributed by atoms with van der Waals surface area (Å²) in [6.45, 7) is 2.17. The lowest BCUT2D eigenvalue weighted by molar-refractivity contribution is -0.130. The molecule has 0 heterocycles. The number of nitrogens with two attached hydrogens (primary N) is 1. The lowest BCUT2D eigenvalue weighted by Crippen LogP contribution is -2.51. The number of nitrogens with one attached hydrogen (secondary N) is 1. The Balaban J connectivity index is 2.23. The summed E-state index contributed by atoms with van der Waals surface area (Å²) in [5.74, 6) is 5.23. The molecule has 0 aromatic heterocycles. The van der Waals surface area contributed by atoms with Gasteiger partial charge in [-0.2, -0.15) is 0 Å². The molecule has 92 valence electrons. The molecule has 1 aliphatic carbocycles. The quantitative estimate of drug-likeness (QED) is 0.474. The summed E-state index contributed by atoms with van der Waals surface area (Å²) < 4.78 is 0. The van der Waals surface area contributed by atoms with E-state index in [0.29, 0.717) is 0 Å². The van der Waals surface area contributed by atoms with Crippen molar-refractivity contribution >= 4 is 5.91 Å². The zero-order chi connectivity index (χ0) is 12.3. The second-order valence-corrected chi connectivity index (χ2v) is 4.86. The standard InChI is InChI=1S/C14H20N2O/c1-2-4-11-5-7-12(8-6-11)14(9-3-10-14)13(17)16-15/h5-8H,2-4,9-10,15H2,1H3,(H,16,17).